The van der Waals surface area contributed by atoms with E-state index in [0.29, 0.717) is 18.8 Å². The number of fused-ring (bicyclic) bond motifs is 2. The molecule has 202 valence electrons. The second-order valence-electron chi connectivity index (χ2n) is 10.7. The van der Waals surface area contributed by atoms with Crippen molar-refractivity contribution in [3.05, 3.63) is 89.9 Å². The molecule has 0 N–H and O–H groups in total. The average molecular weight is 534 g/mol. The van der Waals surface area contributed by atoms with Crippen molar-refractivity contribution in [2.45, 2.75) is 26.4 Å². The molecule has 1 aliphatic rings. The lowest BCUT2D eigenvalue weighted by molar-refractivity contribution is 0.00695. The fourth-order valence-corrected chi connectivity index (χ4v) is 4.83. The minimum absolute atomic E-state index is 0.354. The first kappa shape index (κ1) is 25.7. The van der Waals surface area contributed by atoms with Crippen LogP contribution in [-0.2, 0) is 9.47 Å². The number of pyridine rings is 1. The van der Waals surface area contributed by atoms with E-state index < -0.39 is 5.60 Å². The number of ether oxygens (including phenoxy) is 2. The molecule has 0 unspecified atom stereocenters. The highest BCUT2D eigenvalue weighted by molar-refractivity contribution is 5.91. The molecule has 0 bridgehead atoms. The highest BCUT2D eigenvalue weighted by Crippen LogP contribution is 2.31. The van der Waals surface area contributed by atoms with Gasteiger partial charge in [0.15, 0.2) is 5.65 Å². The summed E-state index contributed by atoms with van der Waals surface area (Å²) in [6.07, 6.45) is 5.75. The van der Waals surface area contributed by atoms with E-state index in [-0.39, 0.29) is 5.97 Å². The Morgan fingerprint density at radius 2 is 1.70 bits per heavy atom. The molecule has 1 aliphatic heterocycles. The summed E-state index contributed by atoms with van der Waals surface area (Å²) in [5.41, 5.74) is 5.95. The minimum atomic E-state index is -0.564. The lowest BCUT2D eigenvalue weighted by Crippen LogP contribution is -2.36. The molecule has 40 heavy (non-hydrogen) atoms. The number of hydrogen-bond donors (Lipinski definition) is 0. The first-order valence-corrected chi connectivity index (χ1v) is 13.4. The Kier molecular flexibility index (Phi) is 6.77. The van der Waals surface area contributed by atoms with Crippen LogP contribution in [0.15, 0.2) is 72.9 Å². The molecule has 3 aromatic heterocycles. The zero-order valence-corrected chi connectivity index (χ0v) is 22.9. The van der Waals surface area contributed by atoms with Gasteiger partial charge in [-0.25, -0.2) is 19.3 Å². The van der Waals surface area contributed by atoms with E-state index in [1.165, 1.54) is 0 Å². The van der Waals surface area contributed by atoms with Crippen LogP contribution in [0.5, 0.6) is 0 Å². The van der Waals surface area contributed by atoms with Crippen molar-refractivity contribution in [1.29, 1.82) is 0 Å². The smallest absolute Gasteiger partial charge is 0.338 e. The molecule has 5 aromatic rings. The normalized spacial score (nSPS) is 14.3. The second-order valence-corrected chi connectivity index (χ2v) is 10.7. The Hall–Kier alpha value is -4.56. The number of nitrogens with zero attached hydrogens (tertiary/aromatic N) is 5. The maximum Gasteiger partial charge on any atom is 0.338 e. The van der Waals surface area contributed by atoms with E-state index >= 15 is 0 Å². The maximum atomic E-state index is 12.6. The largest absolute Gasteiger partial charge is 0.456 e. The molecule has 2 aromatic carbocycles. The topological polar surface area (TPSA) is 81.8 Å². The summed E-state index contributed by atoms with van der Waals surface area (Å²) in [4.78, 5) is 24.7. The molecule has 4 heterocycles. The highest BCUT2D eigenvalue weighted by Gasteiger charge is 2.22. The number of rotatable bonds is 5. The Morgan fingerprint density at radius 3 is 2.48 bits per heavy atom. The van der Waals surface area contributed by atoms with Gasteiger partial charge in [0.2, 0.25) is 0 Å². The average Bonchev–Trinajstić information content (AvgIpc) is 3.34. The van der Waals surface area contributed by atoms with E-state index in [1.807, 2.05) is 79.9 Å². The van der Waals surface area contributed by atoms with Crippen LogP contribution < -0.4 is 4.90 Å². The molecule has 0 radical (unpaired) electrons. The number of anilines is 1. The first-order valence-electron chi connectivity index (χ1n) is 13.4. The third-order valence-electron chi connectivity index (χ3n) is 6.70. The number of benzene rings is 2. The Balaban J connectivity index is 1.43. The Bertz CT molecular complexity index is 1710. The monoisotopic (exact) mass is 533 g/mol. The van der Waals surface area contributed by atoms with Crippen LogP contribution in [0.3, 0.4) is 0 Å². The third kappa shape index (κ3) is 5.31. The lowest BCUT2D eigenvalue weighted by Gasteiger charge is -2.28. The van der Waals surface area contributed by atoms with Gasteiger partial charge < -0.3 is 14.4 Å². The Morgan fingerprint density at radius 1 is 0.925 bits per heavy atom. The van der Waals surface area contributed by atoms with Crippen LogP contribution in [0.2, 0.25) is 0 Å². The number of carbonyl (C=O) groups excluding carboxylic acids is 1. The van der Waals surface area contributed by atoms with Crippen LogP contribution >= 0.6 is 0 Å². The van der Waals surface area contributed by atoms with Crippen LogP contribution in [0.1, 0.15) is 42.5 Å². The van der Waals surface area contributed by atoms with Gasteiger partial charge in [0, 0.05) is 24.0 Å². The second kappa shape index (κ2) is 10.5. The number of carbonyl (C=O) groups is 1. The fraction of sp³-hybridized carbons (Fsp3) is 0.250. The predicted molar refractivity (Wildman–Crippen MR) is 157 cm³/mol. The molecule has 1 saturated heterocycles. The van der Waals surface area contributed by atoms with Gasteiger partial charge in [0.25, 0.3) is 0 Å². The summed E-state index contributed by atoms with van der Waals surface area (Å²) < 4.78 is 13.0. The van der Waals surface area contributed by atoms with Crippen LogP contribution in [0.25, 0.3) is 40.0 Å². The van der Waals surface area contributed by atoms with Crippen molar-refractivity contribution in [3.8, 4) is 11.3 Å². The lowest BCUT2D eigenvalue weighted by atomic mass is 10.1. The number of imidazole rings is 1. The van der Waals surface area contributed by atoms with Crippen LogP contribution in [-0.4, -0.2) is 57.5 Å². The van der Waals surface area contributed by atoms with Crippen LogP contribution in [0.4, 0.5) is 5.69 Å². The molecular formula is C32H31N5O3. The van der Waals surface area contributed by atoms with Crippen molar-refractivity contribution in [1.82, 2.24) is 19.6 Å². The van der Waals surface area contributed by atoms with Gasteiger partial charge in [-0.05, 0) is 63.3 Å². The predicted octanol–water partition coefficient (Wildman–Crippen LogP) is 5.91. The summed E-state index contributed by atoms with van der Waals surface area (Å²) in [7, 11) is 0. The summed E-state index contributed by atoms with van der Waals surface area (Å²) in [5, 5.41) is 5.79. The SMILES string of the molecule is CC(C)(C)OC(=O)c1ccc(-c2c(/C=C/c3ccc4ccccc4n3)nc3c(N4CCOCC4)ccnn23)cc1. The third-order valence-corrected chi connectivity index (χ3v) is 6.70. The number of para-hydroxylation sites is 1. The molecule has 0 amide bonds. The van der Waals surface area contributed by atoms with E-state index in [0.717, 1.165) is 58.0 Å². The van der Waals surface area contributed by atoms with Gasteiger partial charge in [-0.3, -0.25) is 0 Å². The molecule has 0 saturated carbocycles. The Labute approximate surface area is 232 Å². The molecule has 1 fully saturated rings. The van der Waals surface area contributed by atoms with Gasteiger partial charge >= 0.3 is 5.97 Å². The van der Waals surface area contributed by atoms with Gasteiger partial charge in [0.05, 0.1) is 47.6 Å². The van der Waals surface area contributed by atoms with Crippen molar-refractivity contribution in [3.63, 3.8) is 0 Å². The molecular weight excluding hydrogens is 502 g/mol. The summed E-state index contributed by atoms with van der Waals surface area (Å²) >= 11 is 0. The van der Waals surface area contributed by atoms with Gasteiger partial charge in [0.1, 0.15) is 11.3 Å². The van der Waals surface area contributed by atoms with Gasteiger partial charge in [-0.15, -0.1) is 0 Å². The molecule has 6 rings (SSSR count). The molecule has 8 heteroatoms. The van der Waals surface area contributed by atoms with E-state index in [1.54, 1.807) is 18.3 Å². The first-order chi connectivity index (χ1) is 19.4. The van der Waals surface area contributed by atoms with E-state index in [2.05, 4.69) is 17.0 Å². The number of aromatic nitrogens is 4. The van der Waals surface area contributed by atoms with Gasteiger partial charge in [-0.2, -0.15) is 5.10 Å². The van der Waals surface area contributed by atoms with Gasteiger partial charge in [-0.1, -0.05) is 36.4 Å². The quantitative estimate of drug-likeness (QED) is 0.260. The standard InChI is InChI=1S/C32H31N5O3/c1-32(2,3)40-31(38)24-10-8-23(9-11-24)29-27(15-14-25-13-12-22-6-4-5-7-26(22)34-25)35-30-28(16-17-33-37(29)30)36-18-20-39-21-19-36/h4-17H,18-21H2,1-3H3/b15-14+. The number of morpholine rings is 1. The fourth-order valence-electron chi connectivity index (χ4n) is 4.83. The summed E-state index contributed by atoms with van der Waals surface area (Å²) in [6.45, 7) is 8.51. The number of esters is 1. The highest BCUT2D eigenvalue weighted by atomic mass is 16.6. The van der Waals surface area contributed by atoms with Crippen molar-refractivity contribution in [2.24, 2.45) is 0 Å². The molecule has 0 spiro atoms. The summed E-state index contributed by atoms with van der Waals surface area (Å²) in [6, 6.07) is 21.5. The summed E-state index contributed by atoms with van der Waals surface area (Å²) in [5.74, 6) is -0.354. The minimum Gasteiger partial charge on any atom is -0.456 e. The van der Waals surface area contributed by atoms with Crippen molar-refractivity contribution >= 4 is 40.4 Å². The van der Waals surface area contributed by atoms with E-state index in [4.69, 9.17) is 24.5 Å². The number of hydrogen-bond acceptors (Lipinski definition) is 7. The molecule has 0 atom stereocenters. The maximum absolute atomic E-state index is 12.6. The van der Waals surface area contributed by atoms with E-state index in [9.17, 15) is 4.79 Å². The van der Waals surface area contributed by atoms with Crippen LogP contribution in [0, 0.1) is 0 Å². The molecule has 8 nitrogen and oxygen atoms in total. The zero-order valence-electron chi connectivity index (χ0n) is 22.9. The van der Waals surface area contributed by atoms with Crippen molar-refractivity contribution in [2.75, 3.05) is 31.2 Å². The molecule has 0 aliphatic carbocycles. The van der Waals surface area contributed by atoms with Crippen molar-refractivity contribution < 1.29 is 14.3 Å². The zero-order chi connectivity index (χ0) is 27.7.